The Hall–Kier alpha value is -1.64. The fourth-order valence-electron chi connectivity index (χ4n) is 3.82. The molecule has 0 fully saturated rings. The van der Waals surface area contributed by atoms with Crippen molar-refractivity contribution in [1.82, 2.24) is 4.57 Å². The second kappa shape index (κ2) is 8.62. The molecule has 1 heterocycles. The average Bonchev–Trinajstić information content (AvgIpc) is 3.03. The van der Waals surface area contributed by atoms with Gasteiger partial charge >= 0.3 is 0 Å². The lowest BCUT2D eigenvalue weighted by Crippen LogP contribution is -2.12. The van der Waals surface area contributed by atoms with Gasteiger partial charge in [0.2, 0.25) is 0 Å². The number of hydrogen-bond acceptors (Lipinski definition) is 3. The molecule has 0 saturated heterocycles. The summed E-state index contributed by atoms with van der Waals surface area (Å²) in [6, 6.07) is 13.5. The van der Waals surface area contributed by atoms with Crippen LogP contribution in [0, 0.1) is 0 Å². The summed E-state index contributed by atoms with van der Waals surface area (Å²) in [7, 11) is 3.58. The van der Waals surface area contributed by atoms with E-state index >= 15 is 0 Å². The van der Waals surface area contributed by atoms with Gasteiger partial charge in [0.15, 0.2) is 5.75 Å². The first-order chi connectivity index (χ1) is 13.7. The highest BCUT2D eigenvalue weighted by molar-refractivity contribution is 8.55. The molecule has 2 aromatic carbocycles. The van der Waals surface area contributed by atoms with Crippen molar-refractivity contribution in [2.75, 3.05) is 25.1 Å². The third kappa shape index (κ3) is 4.29. The number of aromatic nitrogens is 1. The maximum Gasteiger partial charge on any atom is 0.151 e. The number of anilines is 1. The Labute approximate surface area is 180 Å². The molecule has 3 rings (SSSR count). The van der Waals surface area contributed by atoms with Crippen molar-refractivity contribution in [2.45, 2.75) is 39.5 Å². The average molecular weight is 429 g/mol. The van der Waals surface area contributed by atoms with Gasteiger partial charge in [-0.25, -0.2) is 0 Å². The molecule has 0 amide bonds. The molecule has 0 aliphatic rings. The Bertz CT molecular complexity index is 1020. The molecule has 156 valence electrons. The zero-order chi connectivity index (χ0) is 21.3. The molecule has 1 N–H and O–H groups in total. The van der Waals surface area contributed by atoms with Gasteiger partial charge in [0.25, 0.3) is 0 Å². The molecule has 3 aromatic rings. The number of methoxy groups -OCH3 is 1. The number of ether oxygens (including phenoxy) is 1. The second-order valence-electron chi connectivity index (χ2n) is 8.44. The van der Waals surface area contributed by atoms with Crippen LogP contribution in [0.5, 0.6) is 5.75 Å². The lowest BCUT2D eigenvalue weighted by Gasteiger charge is -2.25. The zero-order valence-corrected chi connectivity index (χ0v) is 20.6. The van der Waals surface area contributed by atoms with Crippen molar-refractivity contribution in [3.8, 4) is 17.0 Å². The van der Waals surface area contributed by atoms with Gasteiger partial charge in [-0.05, 0) is 54.1 Å². The van der Waals surface area contributed by atoms with Crippen molar-refractivity contribution in [3.63, 3.8) is 0 Å². The Balaban J connectivity index is 2.32. The highest BCUT2D eigenvalue weighted by Crippen LogP contribution is 2.49. The minimum atomic E-state index is -0.361. The van der Waals surface area contributed by atoms with Gasteiger partial charge in [-0.3, -0.25) is 0 Å². The van der Waals surface area contributed by atoms with Crippen molar-refractivity contribution >= 4 is 35.2 Å². The normalized spacial score (nSPS) is 13.0. The molecule has 0 radical (unpaired) electrons. The molecule has 29 heavy (non-hydrogen) atoms. The fourth-order valence-corrected chi connectivity index (χ4v) is 4.98. The van der Waals surface area contributed by atoms with E-state index in [1.165, 1.54) is 27.7 Å². The van der Waals surface area contributed by atoms with Gasteiger partial charge in [-0.15, -0.1) is 11.4 Å². The van der Waals surface area contributed by atoms with Crippen molar-refractivity contribution < 1.29 is 4.74 Å². The second-order valence-corrected chi connectivity index (χ2v) is 12.8. The smallest absolute Gasteiger partial charge is 0.151 e. The van der Waals surface area contributed by atoms with E-state index in [0.717, 1.165) is 23.4 Å². The Morgan fingerprint density at radius 3 is 2.48 bits per heavy atom. The lowest BCUT2D eigenvalue weighted by atomic mass is 9.85. The van der Waals surface area contributed by atoms with Crippen LogP contribution in [-0.4, -0.2) is 24.6 Å². The summed E-state index contributed by atoms with van der Waals surface area (Å²) in [6.45, 7) is 11.3. The maximum absolute atomic E-state index is 5.98. The molecular weight excluding hydrogens is 395 g/mol. The molecule has 1 atom stereocenters. The standard InChI is InChI=1S/C24H33N2OPS/c1-9-16-11-10-12-17-13-21(26(5)22(16)17)19-14-18(24(2,3)4)15-20(23(19)27-6)25-28(7)29-8/h10-15,25H,9H2,1-8H3. The van der Waals surface area contributed by atoms with Gasteiger partial charge in [0, 0.05) is 25.3 Å². The number of hydrogen-bond donors (Lipinski definition) is 1. The summed E-state index contributed by atoms with van der Waals surface area (Å²) in [5, 5.41) is 4.98. The molecule has 3 nitrogen and oxygen atoms in total. The van der Waals surface area contributed by atoms with E-state index in [-0.39, 0.29) is 12.7 Å². The van der Waals surface area contributed by atoms with E-state index in [0.29, 0.717) is 0 Å². The number of benzene rings is 2. The topological polar surface area (TPSA) is 26.2 Å². The van der Waals surface area contributed by atoms with Crippen LogP contribution in [0.2, 0.25) is 0 Å². The van der Waals surface area contributed by atoms with Crippen LogP contribution >= 0.6 is 18.7 Å². The highest BCUT2D eigenvalue weighted by Gasteiger charge is 2.23. The quantitative estimate of drug-likeness (QED) is 0.413. The number of para-hydroxylation sites is 1. The van der Waals surface area contributed by atoms with E-state index < -0.39 is 0 Å². The van der Waals surface area contributed by atoms with Crippen LogP contribution in [0.4, 0.5) is 5.69 Å². The summed E-state index contributed by atoms with van der Waals surface area (Å²) in [6.07, 6.45) is 3.17. The molecule has 1 unspecified atom stereocenters. The number of fused-ring (bicyclic) bond motifs is 1. The van der Waals surface area contributed by atoms with Crippen molar-refractivity contribution in [3.05, 3.63) is 47.5 Å². The third-order valence-corrected chi connectivity index (χ3v) is 8.53. The summed E-state index contributed by atoms with van der Waals surface area (Å²) in [5.74, 6) is 0.922. The van der Waals surface area contributed by atoms with E-state index in [1.54, 1.807) is 7.11 Å². The maximum atomic E-state index is 5.98. The summed E-state index contributed by atoms with van der Waals surface area (Å²) in [4.78, 5) is 0. The van der Waals surface area contributed by atoms with E-state index in [2.05, 4.69) is 93.7 Å². The van der Waals surface area contributed by atoms with Crippen LogP contribution in [0.15, 0.2) is 36.4 Å². The van der Waals surface area contributed by atoms with Crippen LogP contribution < -0.4 is 9.82 Å². The Kier molecular flexibility index (Phi) is 6.55. The molecule has 0 aliphatic heterocycles. The monoisotopic (exact) mass is 428 g/mol. The van der Waals surface area contributed by atoms with Crippen LogP contribution in [0.25, 0.3) is 22.2 Å². The number of aryl methyl sites for hydroxylation is 2. The highest BCUT2D eigenvalue weighted by atomic mass is 32.7. The van der Waals surface area contributed by atoms with Gasteiger partial charge in [-0.1, -0.05) is 45.9 Å². The molecule has 0 bridgehead atoms. The van der Waals surface area contributed by atoms with Gasteiger partial charge in [0.1, 0.15) is 0 Å². The molecule has 0 spiro atoms. The summed E-state index contributed by atoms with van der Waals surface area (Å²) < 4.78 is 8.30. The zero-order valence-electron chi connectivity index (χ0n) is 18.9. The largest absolute Gasteiger partial charge is 0.494 e. The number of nitrogens with zero attached hydrogens (tertiary/aromatic N) is 1. The molecule has 1 aromatic heterocycles. The number of nitrogens with one attached hydrogen (secondary N) is 1. The van der Waals surface area contributed by atoms with Gasteiger partial charge in [-0.2, -0.15) is 0 Å². The van der Waals surface area contributed by atoms with Gasteiger partial charge in [0.05, 0.1) is 24.0 Å². The SMILES string of the molecule is CCc1cccc2cc(-c3cc(C(C)(C)C)cc(NP(C)SC)c3OC)n(C)c12. The first kappa shape index (κ1) is 22.1. The summed E-state index contributed by atoms with van der Waals surface area (Å²) in [5.41, 5.74) is 7.46. The molecule has 5 heteroatoms. The van der Waals surface area contributed by atoms with Crippen molar-refractivity contribution in [2.24, 2.45) is 7.05 Å². The Morgan fingerprint density at radius 2 is 1.90 bits per heavy atom. The first-order valence-electron chi connectivity index (χ1n) is 10.1. The summed E-state index contributed by atoms with van der Waals surface area (Å²) >= 11 is 1.86. The van der Waals surface area contributed by atoms with E-state index in [1.807, 2.05) is 11.4 Å². The predicted octanol–water partition coefficient (Wildman–Crippen LogP) is 7.43. The van der Waals surface area contributed by atoms with Crippen LogP contribution in [0.3, 0.4) is 0 Å². The van der Waals surface area contributed by atoms with Crippen LogP contribution in [-0.2, 0) is 18.9 Å². The van der Waals surface area contributed by atoms with E-state index in [9.17, 15) is 0 Å². The lowest BCUT2D eigenvalue weighted by molar-refractivity contribution is 0.418. The number of rotatable bonds is 6. The first-order valence-corrected chi connectivity index (χ1v) is 13.7. The Morgan fingerprint density at radius 1 is 1.17 bits per heavy atom. The van der Waals surface area contributed by atoms with Gasteiger partial charge < -0.3 is 14.4 Å². The minimum absolute atomic E-state index is 0.0481. The predicted molar refractivity (Wildman–Crippen MR) is 133 cm³/mol. The molecule has 0 saturated carbocycles. The van der Waals surface area contributed by atoms with Crippen molar-refractivity contribution in [1.29, 1.82) is 0 Å². The minimum Gasteiger partial charge on any atom is -0.494 e. The van der Waals surface area contributed by atoms with E-state index in [4.69, 9.17) is 4.74 Å². The van der Waals surface area contributed by atoms with Crippen LogP contribution in [0.1, 0.15) is 38.8 Å². The third-order valence-electron chi connectivity index (χ3n) is 5.51. The fraction of sp³-hybridized carbons (Fsp3) is 0.417. The molecule has 0 aliphatic carbocycles. The molecular formula is C24H33N2OPS.